The van der Waals surface area contributed by atoms with Crippen LogP contribution in [0.15, 0.2) is 28.0 Å². The fourth-order valence-electron chi connectivity index (χ4n) is 2.52. The van der Waals surface area contributed by atoms with Crippen molar-refractivity contribution in [1.29, 1.82) is 0 Å². The number of carboxylic acids is 1. The molecule has 7 nitrogen and oxygen atoms in total. The first-order valence-electron chi connectivity index (χ1n) is 6.14. The molecule has 0 saturated carbocycles. The van der Waals surface area contributed by atoms with Gasteiger partial charge in [-0.2, -0.15) is 0 Å². The number of imidazole rings is 1. The van der Waals surface area contributed by atoms with Crippen molar-refractivity contribution in [2.24, 2.45) is 0 Å². The number of aromatic nitrogens is 2. The minimum atomic E-state index is -1.35. The number of carbonyl (C=O) groups excluding carboxylic acids is 2. The summed E-state index contributed by atoms with van der Waals surface area (Å²) < 4.78 is 13.5. The van der Waals surface area contributed by atoms with Gasteiger partial charge in [-0.1, -0.05) is 0 Å². The second-order valence-corrected chi connectivity index (χ2v) is 7.16. The fraction of sp³-hybridized carbons (Fsp3) is 0.250. The van der Waals surface area contributed by atoms with Crippen LogP contribution in [-0.4, -0.2) is 41.7 Å². The Bertz CT molecular complexity index is 785. The fourth-order valence-corrected chi connectivity index (χ4v) is 4.79. The summed E-state index contributed by atoms with van der Waals surface area (Å²) >= 11 is 1.25. The monoisotopic (exact) mass is 345 g/mol. The minimum Gasteiger partial charge on any atom is -0.543 e. The average molecular weight is 345 g/mol. The molecule has 1 aromatic heterocycles. The summed E-state index contributed by atoms with van der Waals surface area (Å²) in [7, 11) is -1.08. The van der Waals surface area contributed by atoms with Crippen LogP contribution in [0.25, 0.3) is 6.08 Å². The van der Waals surface area contributed by atoms with Crippen molar-refractivity contribution in [1.82, 2.24) is 14.5 Å². The van der Waals surface area contributed by atoms with Crippen LogP contribution in [0, 0.1) is 0 Å². The van der Waals surface area contributed by atoms with E-state index in [0.717, 1.165) is 0 Å². The van der Waals surface area contributed by atoms with Gasteiger partial charge in [0, 0.05) is 18.5 Å². The quantitative estimate of drug-likeness (QED) is 0.307. The number of aliphatic carboxylic acids is 1. The number of thioether (sulfide) groups is 1. The van der Waals surface area contributed by atoms with Gasteiger partial charge in [0.15, 0.2) is 5.16 Å². The summed E-state index contributed by atoms with van der Waals surface area (Å²) in [6.45, 7) is 0.659. The van der Waals surface area contributed by atoms with Crippen LogP contribution in [0.4, 0.5) is 0 Å². The molecule has 0 spiro atoms. The first kappa shape index (κ1) is 16.0. The number of hydrogen-bond acceptors (Lipinski definition) is 6. The maximum Gasteiger partial charge on any atom is 1.00 e. The van der Waals surface area contributed by atoms with Gasteiger partial charge >= 0.3 is 29.6 Å². The number of carbonyl (C=O) groups is 2. The molecule has 4 rings (SSSR count). The number of rotatable bonds is 2. The normalized spacial score (nSPS) is 27.1. The zero-order valence-corrected chi connectivity index (χ0v) is 15.1. The molecule has 108 valence electrons. The third-order valence-electron chi connectivity index (χ3n) is 3.53. The number of amides is 1. The Morgan fingerprint density at radius 3 is 3.00 bits per heavy atom. The molecule has 2 atom stereocenters. The van der Waals surface area contributed by atoms with E-state index in [2.05, 4.69) is 4.98 Å². The van der Waals surface area contributed by atoms with Crippen molar-refractivity contribution in [3.05, 3.63) is 28.6 Å². The Morgan fingerprint density at radius 1 is 1.55 bits per heavy atom. The van der Waals surface area contributed by atoms with Crippen LogP contribution in [0.5, 0.6) is 0 Å². The second kappa shape index (κ2) is 5.64. The molecule has 1 fully saturated rings. The second-order valence-electron chi connectivity index (χ2n) is 4.75. The van der Waals surface area contributed by atoms with Crippen LogP contribution in [0.1, 0.15) is 5.69 Å². The van der Waals surface area contributed by atoms with Crippen molar-refractivity contribution in [2.75, 3.05) is 5.75 Å². The van der Waals surface area contributed by atoms with Crippen molar-refractivity contribution in [3.8, 4) is 0 Å². The number of β-lactam (4-membered cyclic amide) rings is 1. The third kappa shape index (κ3) is 2.23. The number of fused-ring (bicyclic) bond motifs is 2. The van der Waals surface area contributed by atoms with E-state index in [0.29, 0.717) is 28.7 Å². The standard InChI is InChI=1S/C12H9N3O4S2.Na/c16-9-7(10-15(9)8(5-20-10)11(17)18)3-6-4-14-1-2-21(19)12(14)13-6;/h3-5,10H,1-2H2,(H,17,18);/q;+1/p-1/b7-3-;/t10-,21?;/m1./s1. The molecule has 10 heteroatoms. The summed E-state index contributed by atoms with van der Waals surface area (Å²) in [5.41, 5.74) is 0.971. The van der Waals surface area contributed by atoms with E-state index in [-0.39, 0.29) is 46.5 Å². The van der Waals surface area contributed by atoms with Gasteiger partial charge < -0.3 is 14.5 Å². The van der Waals surface area contributed by atoms with Gasteiger partial charge in [0.1, 0.15) is 5.37 Å². The van der Waals surface area contributed by atoms with E-state index in [9.17, 15) is 18.9 Å². The van der Waals surface area contributed by atoms with Crippen molar-refractivity contribution >= 4 is 40.5 Å². The minimum absolute atomic E-state index is 0. The maximum atomic E-state index is 12.0. The molecule has 0 bridgehead atoms. The van der Waals surface area contributed by atoms with E-state index < -0.39 is 16.8 Å². The zero-order chi connectivity index (χ0) is 14.7. The summed E-state index contributed by atoms with van der Waals surface area (Å²) in [6, 6.07) is 0. The van der Waals surface area contributed by atoms with Crippen molar-refractivity contribution in [3.63, 3.8) is 0 Å². The zero-order valence-electron chi connectivity index (χ0n) is 11.5. The van der Waals surface area contributed by atoms with Gasteiger partial charge in [-0.25, -0.2) is 4.98 Å². The molecule has 1 amide bonds. The predicted molar refractivity (Wildman–Crippen MR) is 72.8 cm³/mol. The van der Waals surface area contributed by atoms with Crippen LogP contribution in [0.3, 0.4) is 0 Å². The van der Waals surface area contributed by atoms with Crippen molar-refractivity contribution in [2.45, 2.75) is 17.1 Å². The molecule has 1 saturated heterocycles. The molecule has 1 aromatic rings. The molecule has 0 radical (unpaired) electrons. The van der Waals surface area contributed by atoms with E-state index in [1.807, 2.05) is 4.57 Å². The van der Waals surface area contributed by atoms with Gasteiger partial charge in [-0.05, 0) is 11.5 Å². The Kier molecular flexibility index (Phi) is 4.11. The molecule has 4 heterocycles. The van der Waals surface area contributed by atoms with Gasteiger partial charge in [0.25, 0.3) is 5.91 Å². The van der Waals surface area contributed by atoms with Crippen LogP contribution < -0.4 is 34.7 Å². The van der Waals surface area contributed by atoms with E-state index in [1.165, 1.54) is 22.1 Å². The smallest absolute Gasteiger partial charge is 0.543 e. The number of aryl methyl sites for hydroxylation is 1. The molecule has 0 N–H and O–H groups in total. The maximum absolute atomic E-state index is 12.0. The predicted octanol–water partition coefficient (Wildman–Crippen LogP) is -4.10. The van der Waals surface area contributed by atoms with Crippen molar-refractivity contribution < 1.29 is 48.5 Å². The largest absolute Gasteiger partial charge is 1.00 e. The molecule has 22 heavy (non-hydrogen) atoms. The first-order chi connectivity index (χ1) is 10.1. The van der Waals surface area contributed by atoms with Gasteiger partial charge in [0.2, 0.25) is 0 Å². The van der Waals surface area contributed by atoms with Crippen LogP contribution >= 0.6 is 11.8 Å². The molecule has 0 aliphatic carbocycles. The molecule has 0 aromatic carbocycles. The number of nitrogens with zero attached hydrogens (tertiary/aromatic N) is 3. The SMILES string of the molecule is O=C([O-])C1=CS[C@@H]2/C(=C\c3cn4c(n3)S(=O)CC4)C(=O)N12.[Na+]. The molecular weight excluding hydrogens is 337 g/mol. The Morgan fingerprint density at radius 2 is 2.32 bits per heavy atom. The Hall–Kier alpha value is -0.870. The average Bonchev–Trinajstić information content (AvgIpc) is 3.10. The molecule has 3 aliphatic heterocycles. The Balaban J connectivity index is 0.00000144. The summed E-state index contributed by atoms with van der Waals surface area (Å²) in [6.07, 6.45) is 3.39. The Labute approximate surface area is 154 Å². The van der Waals surface area contributed by atoms with Crippen LogP contribution in [0.2, 0.25) is 0 Å². The topological polar surface area (TPSA) is 95.3 Å². The van der Waals surface area contributed by atoms with Gasteiger partial charge in [-0.3, -0.25) is 13.9 Å². The van der Waals surface area contributed by atoms with E-state index >= 15 is 0 Å². The summed E-state index contributed by atoms with van der Waals surface area (Å²) in [5, 5.41) is 12.5. The first-order valence-corrected chi connectivity index (χ1v) is 8.40. The number of hydrogen-bond donors (Lipinski definition) is 0. The summed E-state index contributed by atoms with van der Waals surface area (Å²) in [4.78, 5) is 28.4. The van der Waals surface area contributed by atoms with E-state index in [4.69, 9.17) is 0 Å². The van der Waals surface area contributed by atoms with Gasteiger partial charge in [0.05, 0.1) is 33.7 Å². The summed E-state index contributed by atoms with van der Waals surface area (Å²) in [5.74, 6) is -1.13. The third-order valence-corrected chi connectivity index (χ3v) is 5.90. The molecule has 3 aliphatic rings. The molecular formula is C12H8N3NaO4S2. The molecule has 1 unspecified atom stereocenters. The van der Waals surface area contributed by atoms with Crippen LogP contribution in [-0.2, 0) is 26.9 Å². The van der Waals surface area contributed by atoms with Gasteiger partial charge in [-0.15, -0.1) is 11.8 Å². The van der Waals surface area contributed by atoms with E-state index in [1.54, 1.807) is 12.3 Å². The number of carboxylic acid groups (broad SMARTS) is 1.